The fraction of sp³-hybridized carbons (Fsp3) is 1.00. The normalized spacial score (nSPS) is 31.2. The summed E-state index contributed by atoms with van der Waals surface area (Å²) in [6, 6.07) is 1.42. The standard InChI is InChI=1S/C14H29N3/c1-12(2)16-9-6-14(11-15,7-10-16)17-8-4-5-13(17)3/h12-13H,4-11,15H2,1-3H3. The van der Waals surface area contributed by atoms with E-state index in [4.69, 9.17) is 5.73 Å². The summed E-state index contributed by atoms with van der Waals surface area (Å²) < 4.78 is 0. The van der Waals surface area contributed by atoms with Crippen molar-refractivity contribution in [2.75, 3.05) is 26.2 Å². The maximum absolute atomic E-state index is 6.14. The monoisotopic (exact) mass is 239 g/mol. The van der Waals surface area contributed by atoms with Crippen molar-refractivity contribution in [2.45, 2.75) is 64.1 Å². The first-order valence-corrected chi connectivity index (χ1v) is 7.30. The van der Waals surface area contributed by atoms with Crippen LogP contribution in [0.1, 0.15) is 46.5 Å². The number of piperidine rings is 1. The van der Waals surface area contributed by atoms with Crippen molar-refractivity contribution in [1.82, 2.24) is 9.80 Å². The van der Waals surface area contributed by atoms with E-state index < -0.39 is 0 Å². The first-order valence-electron chi connectivity index (χ1n) is 7.30. The minimum atomic E-state index is 0.307. The number of nitrogens with zero attached hydrogens (tertiary/aromatic N) is 2. The quantitative estimate of drug-likeness (QED) is 0.813. The Morgan fingerprint density at radius 1 is 1.24 bits per heavy atom. The van der Waals surface area contributed by atoms with Crippen LogP contribution in [0.3, 0.4) is 0 Å². The van der Waals surface area contributed by atoms with Crippen LogP contribution < -0.4 is 5.73 Å². The molecular formula is C14H29N3. The smallest absolute Gasteiger partial charge is 0.0358 e. The summed E-state index contributed by atoms with van der Waals surface area (Å²) in [6.07, 6.45) is 5.23. The van der Waals surface area contributed by atoms with Crippen LogP contribution in [0.4, 0.5) is 0 Å². The highest BCUT2D eigenvalue weighted by molar-refractivity contribution is 5.00. The third-order valence-corrected chi connectivity index (χ3v) is 5.00. The Morgan fingerprint density at radius 3 is 2.29 bits per heavy atom. The van der Waals surface area contributed by atoms with Crippen LogP contribution in [-0.2, 0) is 0 Å². The molecule has 0 saturated carbocycles. The second-order valence-electron chi connectivity index (χ2n) is 6.24. The van der Waals surface area contributed by atoms with Gasteiger partial charge < -0.3 is 10.6 Å². The van der Waals surface area contributed by atoms with Gasteiger partial charge in [0.15, 0.2) is 0 Å². The molecule has 17 heavy (non-hydrogen) atoms. The van der Waals surface area contributed by atoms with E-state index in [0.717, 1.165) is 12.6 Å². The Balaban J connectivity index is 2.02. The third-order valence-electron chi connectivity index (χ3n) is 5.00. The summed E-state index contributed by atoms with van der Waals surface area (Å²) in [5.74, 6) is 0. The van der Waals surface area contributed by atoms with Crippen molar-refractivity contribution in [2.24, 2.45) is 5.73 Å². The number of nitrogens with two attached hydrogens (primary N) is 1. The molecule has 0 spiro atoms. The van der Waals surface area contributed by atoms with Crippen molar-refractivity contribution in [3.63, 3.8) is 0 Å². The van der Waals surface area contributed by atoms with Crippen LogP contribution in [0.15, 0.2) is 0 Å². The van der Waals surface area contributed by atoms with E-state index in [9.17, 15) is 0 Å². The van der Waals surface area contributed by atoms with Gasteiger partial charge in [0.2, 0.25) is 0 Å². The molecule has 0 aromatic rings. The molecule has 2 aliphatic rings. The van der Waals surface area contributed by atoms with E-state index in [1.54, 1.807) is 0 Å². The highest BCUT2D eigenvalue weighted by atomic mass is 15.3. The van der Waals surface area contributed by atoms with Gasteiger partial charge in [-0.05, 0) is 53.0 Å². The molecule has 2 N–H and O–H groups in total. The average Bonchev–Trinajstić information content (AvgIpc) is 2.76. The van der Waals surface area contributed by atoms with Gasteiger partial charge in [-0.15, -0.1) is 0 Å². The van der Waals surface area contributed by atoms with E-state index >= 15 is 0 Å². The summed E-state index contributed by atoms with van der Waals surface area (Å²) in [5, 5.41) is 0. The highest BCUT2D eigenvalue weighted by Gasteiger charge is 2.42. The second kappa shape index (κ2) is 5.25. The first kappa shape index (κ1) is 13.3. The maximum atomic E-state index is 6.14. The van der Waals surface area contributed by atoms with E-state index in [2.05, 4.69) is 30.6 Å². The molecule has 2 rings (SSSR count). The first-order chi connectivity index (χ1) is 8.09. The van der Waals surface area contributed by atoms with Crippen molar-refractivity contribution < 1.29 is 0 Å². The van der Waals surface area contributed by atoms with E-state index in [0.29, 0.717) is 11.6 Å². The number of hydrogen-bond donors (Lipinski definition) is 1. The van der Waals surface area contributed by atoms with E-state index in [1.165, 1.54) is 45.3 Å². The van der Waals surface area contributed by atoms with Crippen molar-refractivity contribution in [3.8, 4) is 0 Å². The maximum Gasteiger partial charge on any atom is 0.0358 e. The summed E-state index contributed by atoms with van der Waals surface area (Å²) in [4.78, 5) is 5.30. The van der Waals surface area contributed by atoms with Crippen LogP contribution in [0.25, 0.3) is 0 Å². The molecule has 0 radical (unpaired) electrons. The summed E-state index contributed by atoms with van der Waals surface area (Å²) in [6.45, 7) is 11.5. The molecule has 1 atom stereocenters. The molecule has 2 aliphatic heterocycles. The minimum Gasteiger partial charge on any atom is -0.329 e. The highest BCUT2D eigenvalue weighted by Crippen LogP contribution is 2.34. The van der Waals surface area contributed by atoms with Gasteiger partial charge >= 0.3 is 0 Å². The van der Waals surface area contributed by atoms with E-state index in [1.807, 2.05) is 0 Å². The zero-order valence-electron chi connectivity index (χ0n) is 11.8. The van der Waals surface area contributed by atoms with Crippen molar-refractivity contribution in [1.29, 1.82) is 0 Å². The lowest BCUT2D eigenvalue weighted by Crippen LogP contribution is -2.60. The molecule has 2 heterocycles. The Hall–Kier alpha value is -0.120. The SMILES string of the molecule is CC(C)N1CCC(CN)(N2CCCC2C)CC1. The molecule has 3 nitrogen and oxygen atoms in total. The van der Waals surface area contributed by atoms with Gasteiger partial charge in [0.1, 0.15) is 0 Å². The van der Waals surface area contributed by atoms with Crippen LogP contribution >= 0.6 is 0 Å². The molecule has 2 fully saturated rings. The van der Waals surface area contributed by atoms with E-state index in [-0.39, 0.29) is 0 Å². The second-order valence-corrected chi connectivity index (χ2v) is 6.24. The molecule has 2 saturated heterocycles. The summed E-state index contributed by atoms with van der Waals surface area (Å²) in [7, 11) is 0. The Morgan fingerprint density at radius 2 is 1.88 bits per heavy atom. The van der Waals surface area contributed by atoms with Gasteiger partial charge in [-0.3, -0.25) is 4.90 Å². The molecule has 0 amide bonds. The van der Waals surface area contributed by atoms with Gasteiger partial charge in [0.05, 0.1) is 0 Å². The van der Waals surface area contributed by atoms with Gasteiger partial charge in [-0.25, -0.2) is 0 Å². The Labute approximate surface area is 106 Å². The van der Waals surface area contributed by atoms with Crippen LogP contribution in [-0.4, -0.2) is 53.6 Å². The topological polar surface area (TPSA) is 32.5 Å². The van der Waals surface area contributed by atoms with Gasteiger partial charge in [-0.2, -0.15) is 0 Å². The van der Waals surface area contributed by atoms with Crippen LogP contribution in [0, 0.1) is 0 Å². The van der Waals surface area contributed by atoms with Crippen molar-refractivity contribution in [3.05, 3.63) is 0 Å². The fourth-order valence-corrected chi connectivity index (χ4v) is 3.70. The number of rotatable bonds is 3. The molecule has 0 aliphatic carbocycles. The molecule has 0 bridgehead atoms. The fourth-order valence-electron chi connectivity index (χ4n) is 3.70. The largest absolute Gasteiger partial charge is 0.329 e. The predicted octanol–water partition coefficient (Wildman–Crippen LogP) is 1.67. The van der Waals surface area contributed by atoms with Gasteiger partial charge in [-0.1, -0.05) is 0 Å². The third kappa shape index (κ3) is 2.51. The lowest BCUT2D eigenvalue weighted by atomic mass is 9.84. The zero-order chi connectivity index (χ0) is 12.5. The number of hydrogen-bond acceptors (Lipinski definition) is 3. The molecule has 0 aromatic carbocycles. The molecule has 1 unspecified atom stereocenters. The molecular weight excluding hydrogens is 210 g/mol. The number of likely N-dealkylation sites (tertiary alicyclic amines) is 2. The van der Waals surface area contributed by atoms with Gasteiger partial charge in [0.25, 0.3) is 0 Å². The zero-order valence-corrected chi connectivity index (χ0v) is 11.8. The predicted molar refractivity (Wildman–Crippen MR) is 73.1 cm³/mol. The molecule has 100 valence electrons. The lowest BCUT2D eigenvalue weighted by molar-refractivity contribution is 0.0137. The Bertz CT molecular complexity index is 244. The lowest BCUT2D eigenvalue weighted by Gasteiger charge is -2.49. The minimum absolute atomic E-state index is 0.307. The molecule has 0 aromatic heterocycles. The van der Waals surface area contributed by atoms with Crippen LogP contribution in [0.5, 0.6) is 0 Å². The Kier molecular flexibility index (Phi) is 4.11. The average molecular weight is 239 g/mol. The van der Waals surface area contributed by atoms with Crippen LogP contribution in [0.2, 0.25) is 0 Å². The summed E-state index contributed by atoms with van der Waals surface area (Å²) >= 11 is 0. The van der Waals surface area contributed by atoms with Crippen molar-refractivity contribution >= 4 is 0 Å². The summed E-state index contributed by atoms with van der Waals surface area (Å²) in [5.41, 5.74) is 6.45. The van der Waals surface area contributed by atoms with Gasteiger partial charge in [0, 0.05) is 37.3 Å². The molecule has 3 heteroatoms.